The van der Waals surface area contributed by atoms with Crippen LogP contribution in [0.4, 0.5) is 17.3 Å². The molecule has 102 valence electrons. The summed E-state index contributed by atoms with van der Waals surface area (Å²) in [5.41, 5.74) is 6.70. The van der Waals surface area contributed by atoms with Crippen molar-refractivity contribution in [2.24, 2.45) is 0 Å². The second-order valence-electron chi connectivity index (χ2n) is 3.87. The van der Waals surface area contributed by atoms with Gasteiger partial charge in [0.1, 0.15) is 6.04 Å². The largest absolute Gasteiger partial charge is 0.673 e. The van der Waals surface area contributed by atoms with Gasteiger partial charge in [-0.1, -0.05) is 60.7 Å². The summed E-state index contributed by atoms with van der Waals surface area (Å²) >= 11 is 0. The standard InChI is InChI=1S/C13H13N.BF4/c14-13(11-7-3-1-4-8-11)12-9-5-2-6-10-12;2-1(3,4)5/h1-10,13H,14H2;/q;-1/p+1. The maximum atomic E-state index is 9.75. The summed E-state index contributed by atoms with van der Waals surface area (Å²) < 4.78 is 39.0. The van der Waals surface area contributed by atoms with Gasteiger partial charge in [0.15, 0.2) is 0 Å². The second kappa shape index (κ2) is 6.94. The lowest BCUT2D eigenvalue weighted by Gasteiger charge is -2.08. The minimum absolute atomic E-state index is 0.234. The molecule has 0 amide bonds. The molecule has 19 heavy (non-hydrogen) atoms. The molecule has 0 bridgehead atoms. The van der Waals surface area contributed by atoms with E-state index in [4.69, 9.17) is 0 Å². The number of benzene rings is 2. The number of hydrogen-bond donors (Lipinski definition) is 1. The molecule has 1 nitrogen and oxygen atoms in total. The number of hydrogen-bond acceptors (Lipinski definition) is 0. The van der Waals surface area contributed by atoms with E-state index in [0.29, 0.717) is 0 Å². The highest BCUT2D eigenvalue weighted by Crippen LogP contribution is 2.16. The average Bonchev–Trinajstić information content (AvgIpc) is 2.38. The van der Waals surface area contributed by atoms with Crippen LogP contribution in [0, 0.1) is 0 Å². The van der Waals surface area contributed by atoms with Crippen LogP contribution in [0.1, 0.15) is 17.2 Å². The van der Waals surface area contributed by atoms with Crippen LogP contribution >= 0.6 is 0 Å². The third-order valence-corrected chi connectivity index (χ3v) is 2.40. The van der Waals surface area contributed by atoms with E-state index < -0.39 is 7.25 Å². The smallest absolute Gasteiger partial charge is 0.418 e. The molecule has 0 radical (unpaired) electrons. The summed E-state index contributed by atoms with van der Waals surface area (Å²) in [5, 5.41) is 0. The molecular weight excluding hydrogens is 257 g/mol. The van der Waals surface area contributed by atoms with E-state index in [9.17, 15) is 17.3 Å². The molecule has 0 aliphatic rings. The van der Waals surface area contributed by atoms with E-state index in [1.165, 1.54) is 11.1 Å². The fourth-order valence-electron chi connectivity index (χ4n) is 1.56. The van der Waals surface area contributed by atoms with E-state index >= 15 is 0 Å². The molecule has 0 aliphatic carbocycles. The first-order valence-electron chi connectivity index (χ1n) is 5.68. The van der Waals surface area contributed by atoms with Crippen molar-refractivity contribution in [2.45, 2.75) is 6.04 Å². The molecule has 0 unspecified atom stereocenters. The Labute approximate surface area is 109 Å². The van der Waals surface area contributed by atoms with E-state index in [1.807, 2.05) is 12.1 Å². The summed E-state index contributed by atoms with van der Waals surface area (Å²) in [6, 6.07) is 21.0. The minimum atomic E-state index is -6.00. The molecule has 2 aromatic rings. The maximum absolute atomic E-state index is 9.75. The molecule has 0 heterocycles. The van der Waals surface area contributed by atoms with Crippen LogP contribution < -0.4 is 5.73 Å². The monoisotopic (exact) mass is 271 g/mol. The van der Waals surface area contributed by atoms with Crippen LogP contribution in [0.2, 0.25) is 0 Å². The fraction of sp³-hybridized carbons (Fsp3) is 0.0769. The number of quaternary nitrogens is 1. The van der Waals surface area contributed by atoms with Gasteiger partial charge in [0, 0.05) is 11.1 Å². The zero-order valence-electron chi connectivity index (χ0n) is 10.1. The third-order valence-electron chi connectivity index (χ3n) is 2.40. The molecule has 0 saturated heterocycles. The van der Waals surface area contributed by atoms with Gasteiger partial charge >= 0.3 is 7.25 Å². The van der Waals surface area contributed by atoms with Gasteiger partial charge in [-0.05, 0) is 0 Å². The van der Waals surface area contributed by atoms with Crippen LogP contribution in [0.3, 0.4) is 0 Å². The summed E-state index contributed by atoms with van der Waals surface area (Å²) in [4.78, 5) is 0. The lowest BCUT2D eigenvalue weighted by molar-refractivity contribution is -0.411. The molecular formula is C13H14BF4N. The van der Waals surface area contributed by atoms with Crippen LogP contribution in [0.15, 0.2) is 60.7 Å². The predicted molar refractivity (Wildman–Crippen MR) is 67.8 cm³/mol. The Morgan fingerprint density at radius 1 is 0.684 bits per heavy atom. The van der Waals surface area contributed by atoms with Crippen LogP contribution in [0.25, 0.3) is 0 Å². The Hall–Kier alpha value is -1.82. The number of halogens is 4. The molecule has 0 spiro atoms. The highest BCUT2D eigenvalue weighted by molar-refractivity contribution is 6.50. The van der Waals surface area contributed by atoms with Crippen molar-refractivity contribution in [1.82, 2.24) is 0 Å². The summed E-state index contributed by atoms with van der Waals surface area (Å²) in [6.45, 7) is 0. The molecule has 2 aromatic carbocycles. The lowest BCUT2D eigenvalue weighted by Crippen LogP contribution is -2.53. The van der Waals surface area contributed by atoms with Crippen LogP contribution in [-0.4, -0.2) is 7.25 Å². The molecule has 0 atom stereocenters. The van der Waals surface area contributed by atoms with Crippen molar-refractivity contribution in [3.63, 3.8) is 0 Å². The molecule has 6 heteroatoms. The molecule has 0 aromatic heterocycles. The Kier molecular flexibility index (Phi) is 5.57. The Morgan fingerprint density at radius 2 is 0.947 bits per heavy atom. The van der Waals surface area contributed by atoms with E-state index in [-0.39, 0.29) is 6.04 Å². The van der Waals surface area contributed by atoms with Crippen molar-refractivity contribution >= 4 is 7.25 Å². The summed E-state index contributed by atoms with van der Waals surface area (Å²) in [5.74, 6) is 0. The summed E-state index contributed by atoms with van der Waals surface area (Å²) in [7, 11) is -6.00. The van der Waals surface area contributed by atoms with Gasteiger partial charge in [-0.3, -0.25) is 0 Å². The van der Waals surface area contributed by atoms with Gasteiger partial charge in [0.25, 0.3) is 0 Å². The normalized spacial score (nSPS) is 10.8. The van der Waals surface area contributed by atoms with Crippen molar-refractivity contribution in [2.75, 3.05) is 0 Å². The third kappa shape index (κ3) is 6.62. The van der Waals surface area contributed by atoms with E-state index in [0.717, 1.165) is 0 Å². The van der Waals surface area contributed by atoms with Crippen molar-refractivity contribution < 1.29 is 23.0 Å². The van der Waals surface area contributed by atoms with Crippen LogP contribution in [-0.2, 0) is 0 Å². The zero-order chi connectivity index (χ0) is 14.3. The van der Waals surface area contributed by atoms with Crippen molar-refractivity contribution in [1.29, 1.82) is 0 Å². The topological polar surface area (TPSA) is 27.6 Å². The molecule has 3 N–H and O–H groups in total. The average molecular weight is 271 g/mol. The van der Waals surface area contributed by atoms with Gasteiger partial charge in [-0.25, -0.2) is 0 Å². The first-order chi connectivity index (χ1) is 8.88. The Bertz CT molecular complexity index is 428. The predicted octanol–water partition coefficient (Wildman–Crippen LogP) is 3.32. The maximum Gasteiger partial charge on any atom is 0.673 e. The van der Waals surface area contributed by atoms with Gasteiger partial charge in [-0.15, -0.1) is 0 Å². The quantitative estimate of drug-likeness (QED) is 0.641. The fourth-order valence-corrected chi connectivity index (χ4v) is 1.56. The first-order valence-corrected chi connectivity index (χ1v) is 5.68. The Morgan fingerprint density at radius 3 is 1.21 bits per heavy atom. The first kappa shape index (κ1) is 15.2. The van der Waals surface area contributed by atoms with Gasteiger partial charge in [0.2, 0.25) is 0 Å². The molecule has 0 saturated carbocycles. The lowest BCUT2D eigenvalue weighted by atomic mass is 10.00. The highest BCUT2D eigenvalue weighted by atomic mass is 19.5. The van der Waals surface area contributed by atoms with E-state index in [1.54, 1.807) is 0 Å². The minimum Gasteiger partial charge on any atom is -0.418 e. The Balaban J connectivity index is 0.000000312. The number of rotatable bonds is 2. The van der Waals surface area contributed by atoms with Crippen LogP contribution in [0.5, 0.6) is 0 Å². The van der Waals surface area contributed by atoms with Crippen molar-refractivity contribution in [3.05, 3.63) is 71.8 Å². The molecule has 0 aliphatic heterocycles. The molecule has 0 fully saturated rings. The van der Waals surface area contributed by atoms with E-state index in [2.05, 4.69) is 54.3 Å². The molecule has 2 rings (SSSR count). The van der Waals surface area contributed by atoms with Crippen molar-refractivity contribution in [3.8, 4) is 0 Å². The van der Waals surface area contributed by atoms with Gasteiger partial charge in [0.05, 0.1) is 0 Å². The summed E-state index contributed by atoms with van der Waals surface area (Å²) in [6.07, 6.45) is 0. The SMILES string of the molecule is F[B-](F)(F)F.[NH3+]C(c1ccccc1)c1ccccc1. The highest BCUT2D eigenvalue weighted by Gasteiger charge is 2.20. The second-order valence-corrected chi connectivity index (χ2v) is 3.87. The van der Waals surface area contributed by atoms with Gasteiger partial charge < -0.3 is 23.0 Å². The van der Waals surface area contributed by atoms with Gasteiger partial charge in [-0.2, -0.15) is 0 Å². The zero-order valence-corrected chi connectivity index (χ0v) is 10.1.